The van der Waals surface area contributed by atoms with E-state index in [2.05, 4.69) is 41.5 Å². The molecule has 0 saturated carbocycles. The molecule has 0 unspecified atom stereocenters. The third-order valence-electron chi connectivity index (χ3n) is 9.79. The molecular weight excluding hydrogens is 516 g/mol. The lowest BCUT2D eigenvalue weighted by atomic mass is 9.83. The van der Waals surface area contributed by atoms with Crippen molar-refractivity contribution in [3.63, 3.8) is 0 Å². The van der Waals surface area contributed by atoms with E-state index in [1.54, 1.807) is 0 Å². The number of aliphatic hydroxyl groups is 3. The number of benzene rings is 1. The highest BCUT2D eigenvalue weighted by Crippen LogP contribution is 2.45. The second-order valence-electron chi connectivity index (χ2n) is 14.1. The molecule has 3 rings (SSSR count). The Kier molecular flexibility index (Phi) is 12.8. The van der Waals surface area contributed by atoms with Gasteiger partial charge in [0, 0.05) is 12.0 Å². The van der Waals surface area contributed by atoms with Crippen LogP contribution in [0.1, 0.15) is 128 Å². The molecule has 0 spiro atoms. The van der Waals surface area contributed by atoms with Gasteiger partial charge < -0.3 is 29.5 Å². The molecule has 1 fully saturated rings. The van der Waals surface area contributed by atoms with Crippen LogP contribution in [0, 0.1) is 38.5 Å². The fourth-order valence-electron chi connectivity index (χ4n) is 6.69. The predicted octanol–water partition coefficient (Wildman–Crippen LogP) is 7.34. The van der Waals surface area contributed by atoms with Gasteiger partial charge in [0.25, 0.3) is 0 Å². The van der Waals surface area contributed by atoms with Crippen LogP contribution in [0.25, 0.3) is 0 Å². The molecular formula is C35H60O6. The van der Waals surface area contributed by atoms with E-state index >= 15 is 0 Å². The SMILES string of the molecule is Cc1c(C)c2c(c(C)c1O[C@H]1O[C@H](CO)[C@@H](O)C[C@@H]1O)CC[C@@](C)(CCC[C@H](C)CCC[C@H](C)CCCC(C)C)O2. The molecule has 2 heterocycles. The minimum Gasteiger partial charge on any atom is -0.487 e. The first-order valence-electron chi connectivity index (χ1n) is 16.5. The zero-order valence-corrected chi connectivity index (χ0v) is 27.3. The number of hydrogen-bond acceptors (Lipinski definition) is 6. The predicted molar refractivity (Wildman–Crippen MR) is 166 cm³/mol. The summed E-state index contributed by atoms with van der Waals surface area (Å²) in [5, 5.41) is 30.1. The van der Waals surface area contributed by atoms with Crippen molar-refractivity contribution >= 4 is 0 Å². The van der Waals surface area contributed by atoms with Crippen LogP contribution < -0.4 is 9.47 Å². The average Bonchev–Trinajstić information content (AvgIpc) is 2.90. The molecule has 0 bridgehead atoms. The maximum atomic E-state index is 10.5. The number of fused-ring (bicyclic) bond motifs is 1. The van der Waals surface area contributed by atoms with Crippen molar-refractivity contribution in [1.29, 1.82) is 0 Å². The Hall–Kier alpha value is -1.34. The average molecular weight is 577 g/mol. The van der Waals surface area contributed by atoms with E-state index in [-0.39, 0.29) is 18.6 Å². The highest BCUT2D eigenvalue weighted by Gasteiger charge is 2.39. The van der Waals surface area contributed by atoms with Crippen molar-refractivity contribution in [2.24, 2.45) is 17.8 Å². The van der Waals surface area contributed by atoms with E-state index in [4.69, 9.17) is 14.2 Å². The summed E-state index contributed by atoms with van der Waals surface area (Å²) in [6, 6.07) is 0. The second kappa shape index (κ2) is 15.4. The molecule has 2 aliphatic rings. The summed E-state index contributed by atoms with van der Waals surface area (Å²) >= 11 is 0. The van der Waals surface area contributed by atoms with Crippen LogP contribution >= 0.6 is 0 Å². The number of hydrogen-bond donors (Lipinski definition) is 3. The summed E-state index contributed by atoms with van der Waals surface area (Å²) in [7, 11) is 0. The lowest BCUT2D eigenvalue weighted by Gasteiger charge is -2.40. The van der Waals surface area contributed by atoms with Gasteiger partial charge in [0.15, 0.2) is 0 Å². The van der Waals surface area contributed by atoms with Crippen LogP contribution in [0.2, 0.25) is 0 Å². The van der Waals surface area contributed by atoms with Gasteiger partial charge >= 0.3 is 0 Å². The maximum Gasteiger partial charge on any atom is 0.226 e. The molecule has 2 aliphatic heterocycles. The van der Waals surface area contributed by atoms with E-state index in [9.17, 15) is 15.3 Å². The Labute approximate surface area is 250 Å². The maximum absolute atomic E-state index is 10.5. The van der Waals surface area contributed by atoms with Gasteiger partial charge in [-0.25, -0.2) is 0 Å². The zero-order chi connectivity index (χ0) is 30.3. The van der Waals surface area contributed by atoms with Crippen LogP contribution in [0.5, 0.6) is 11.5 Å². The van der Waals surface area contributed by atoms with Crippen LogP contribution in [0.3, 0.4) is 0 Å². The van der Waals surface area contributed by atoms with E-state index in [0.717, 1.165) is 59.5 Å². The molecule has 6 nitrogen and oxygen atoms in total. The fraction of sp³-hybridized carbons (Fsp3) is 0.829. The smallest absolute Gasteiger partial charge is 0.226 e. The first kappa shape index (κ1) is 34.2. The molecule has 6 heteroatoms. The van der Waals surface area contributed by atoms with Gasteiger partial charge in [0.05, 0.1) is 12.7 Å². The topological polar surface area (TPSA) is 88.4 Å². The lowest BCUT2D eigenvalue weighted by molar-refractivity contribution is -0.240. The first-order chi connectivity index (χ1) is 19.3. The van der Waals surface area contributed by atoms with Crippen molar-refractivity contribution in [2.75, 3.05) is 6.61 Å². The molecule has 0 aromatic heterocycles. The van der Waals surface area contributed by atoms with Crippen molar-refractivity contribution in [3.05, 3.63) is 22.3 Å². The van der Waals surface area contributed by atoms with Crippen molar-refractivity contribution < 1.29 is 29.5 Å². The monoisotopic (exact) mass is 576 g/mol. The highest BCUT2D eigenvalue weighted by molar-refractivity contribution is 5.59. The Balaban J connectivity index is 1.53. The zero-order valence-electron chi connectivity index (χ0n) is 27.3. The standard InChI is InChI=1S/C35H60O6/c1-22(2)12-9-13-23(3)14-10-15-24(4)16-11-18-35(8)19-17-28-27(7)32(25(5)26(6)33(28)41-35)40-34-30(38)20-29(37)31(21-36)39-34/h22-24,29-31,34,36-38H,9-21H2,1-8H3/t23-,24-,29+,30+,31-,34-,35-/m1/s1. The van der Waals surface area contributed by atoms with Gasteiger partial charge in [-0.15, -0.1) is 0 Å². The van der Waals surface area contributed by atoms with Crippen molar-refractivity contribution in [3.8, 4) is 11.5 Å². The Bertz CT molecular complexity index is 961. The third kappa shape index (κ3) is 9.32. The third-order valence-corrected chi connectivity index (χ3v) is 9.79. The summed E-state index contributed by atoms with van der Waals surface area (Å²) in [6.45, 7) is 17.6. The molecule has 3 N–H and O–H groups in total. The van der Waals surface area contributed by atoms with Gasteiger partial charge in [-0.2, -0.15) is 0 Å². The normalized spacial score (nSPS) is 27.8. The molecule has 1 aromatic rings. The Morgan fingerprint density at radius 2 is 1.46 bits per heavy atom. The van der Waals surface area contributed by atoms with E-state index in [0.29, 0.717) is 5.75 Å². The van der Waals surface area contributed by atoms with Crippen molar-refractivity contribution in [2.45, 2.75) is 163 Å². The summed E-state index contributed by atoms with van der Waals surface area (Å²) in [4.78, 5) is 0. The van der Waals surface area contributed by atoms with E-state index in [1.165, 1.54) is 56.9 Å². The molecule has 0 radical (unpaired) electrons. The molecule has 236 valence electrons. The summed E-state index contributed by atoms with van der Waals surface area (Å²) in [5.41, 5.74) is 4.04. The van der Waals surface area contributed by atoms with Crippen LogP contribution in [0.15, 0.2) is 0 Å². The van der Waals surface area contributed by atoms with Crippen LogP contribution in [-0.4, -0.2) is 52.1 Å². The van der Waals surface area contributed by atoms with Gasteiger partial charge in [-0.1, -0.05) is 72.6 Å². The molecule has 0 aliphatic carbocycles. The second-order valence-corrected chi connectivity index (χ2v) is 14.1. The minimum absolute atomic E-state index is 0.107. The first-order valence-corrected chi connectivity index (χ1v) is 16.5. The van der Waals surface area contributed by atoms with E-state index in [1.807, 2.05) is 13.8 Å². The molecule has 41 heavy (non-hydrogen) atoms. The van der Waals surface area contributed by atoms with Gasteiger partial charge in [0.2, 0.25) is 6.29 Å². The Morgan fingerprint density at radius 1 is 0.854 bits per heavy atom. The van der Waals surface area contributed by atoms with Gasteiger partial charge in [-0.05, 0) is 87.8 Å². The van der Waals surface area contributed by atoms with Crippen LogP contribution in [-0.2, 0) is 11.2 Å². The fourth-order valence-corrected chi connectivity index (χ4v) is 6.69. The number of aliphatic hydroxyl groups excluding tert-OH is 3. The van der Waals surface area contributed by atoms with Crippen molar-refractivity contribution in [1.82, 2.24) is 0 Å². The summed E-state index contributed by atoms with van der Waals surface area (Å²) in [5.74, 6) is 4.11. The Morgan fingerprint density at radius 3 is 2.07 bits per heavy atom. The molecule has 1 aromatic carbocycles. The highest BCUT2D eigenvalue weighted by atomic mass is 16.7. The van der Waals surface area contributed by atoms with Crippen LogP contribution in [0.4, 0.5) is 0 Å². The largest absolute Gasteiger partial charge is 0.487 e. The molecule has 1 saturated heterocycles. The lowest BCUT2D eigenvalue weighted by Crippen LogP contribution is -2.51. The number of ether oxygens (including phenoxy) is 3. The summed E-state index contributed by atoms with van der Waals surface area (Å²) < 4.78 is 18.7. The van der Waals surface area contributed by atoms with Gasteiger partial charge in [-0.3, -0.25) is 0 Å². The molecule has 7 atom stereocenters. The van der Waals surface area contributed by atoms with E-state index < -0.39 is 24.6 Å². The summed E-state index contributed by atoms with van der Waals surface area (Å²) in [6.07, 6.45) is 10.0. The quantitative estimate of drug-likeness (QED) is 0.202. The minimum atomic E-state index is -0.969. The van der Waals surface area contributed by atoms with Gasteiger partial charge in [0.1, 0.15) is 29.3 Å². The molecule has 0 amide bonds. The number of rotatable bonds is 15.